The summed E-state index contributed by atoms with van der Waals surface area (Å²) in [6, 6.07) is 7.94. The lowest BCUT2D eigenvalue weighted by Crippen LogP contribution is -2.60. The zero-order valence-corrected chi connectivity index (χ0v) is 21.3. The molecular formula is C26H36ClN5O3. The largest absolute Gasteiger partial charge is 0.369 e. The average Bonchev–Trinajstić information content (AvgIpc) is 3.12. The number of amides is 3. The lowest BCUT2D eigenvalue weighted by atomic mass is 9.75. The standard InChI is InChI=1S/C26H36ClN5O3/c1-19(33)32-10-6-23(32)24(34)31-11-7-26(8-12-31)18-21(28-25(26)35)5-9-29-13-15-30(16-14-29)22-4-2-3-20(27)17-22/h2-4,17,21,23H,5-16,18H2,1H3,(H,28,35)/t21-,23?/m0/s1. The molecule has 4 saturated heterocycles. The molecule has 2 atom stereocenters. The molecule has 1 spiro atoms. The van der Waals surface area contributed by atoms with Gasteiger partial charge in [-0.2, -0.15) is 0 Å². The van der Waals surface area contributed by atoms with Crippen LogP contribution in [-0.2, 0) is 14.4 Å². The molecule has 0 aliphatic carbocycles. The molecule has 3 amide bonds. The zero-order valence-electron chi connectivity index (χ0n) is 20.5. The van der Waals surface area contributed by atoms with Crippen LogP contribution in [-0.4, -0.2) is 96.9 Å². The molecule has 4 fully saturated rings. The monoisotopic (exact) mass is 501 g/mol. The smallest absolute Gasteiger partial charge is 0.245 e. The summed E-state index contributed by atoms with van der Waals surface area (Å²) < 4.78 is 0. The molecule has 0 bridgehead atoms. The number of benzene rings is 1. The van der Waals surface area contributed by atoms with Crippen molar-refractivity contribution in [2.45, 2.75) is 51.1 Å². The van der Waals surface area contributed by atoms with Crippen molar-refractivity contribution < 1.29 is 14.4 Å². The molecule has 190 valence electrons. The fourth-order valence-corrected chi connectivity index (χ4v) is 6.37. The van der Waals surface area contributed by atoms with Gasteiger partial charge in [-0.1, -0.05) is 17.7 Å². The predicted octanol–water partition coefficient (Wildman–Crippen LogP) is 1.97. The number of rotatable bonds is 5. The van der Waals surface area contributed by atoms with E-state index in [4.69, 9.17) is 11.6 Å². The number of carbonyl (C=O) groups excluding carboxylic acids is 3. The molecule has 1 N–H and O–H groups in total. The Morgan fingerprint density at radius 3 is 2.46 bits per heavy atom. The second-order valence-electron chi connectivity index (χ2n) is 10.6. The molecule has 4 heterocycles. The summed E-state index contributed by atoms with van der Waals surface area (Å²) in [5.41, 5.74) is 0.838. The predicted molar refractivity (Wildman–Crippen MR) is 135 cm³/mol. The van der Waals surface area contributed by atoms with Crippen molar-refractivity contribution in [1.82, 2.24) is 20.0 Å². The molecule has 9 heteroatoms. The SMILES string of the molecule is CC(=O)N1CCC1C(=O)N1CCC2(CC1)C[C@H](CCN1CCN(c3cccc(Cl)c3)CC1)NC2=O. The van der Waals surface area contributed by atoms with Gasteiger partial charge < -0.3 is 20.0 Å². The second-order valence-corrected chi connectivity index (χ2v) is 11.0. The Hall–Kier alpha value is -2.32. The van der Waals surface area contributed by atoms with Gasteiger partial charge in [0, 0.05) is 76.0 Å². The maximum absolute atomic E-state index is 13.0. The molecule has 1 aromatic rings. The van der Waals surface area contributed by atoms with Crippen LogP contribution in [0.4, 0.5) is 5.69 Å². The normalized spacial score (nSPS) is 26.6. The number of anilines is 1. The van der Waals surface area contributed by atoms with Gasteiger partial charge in [0.15, 0.2) is 0 Å². The minimum Gasteiger partial charge on any atom is -0.369 e. The first kappa shape index (κ1) is 24.4. The van der Waals surface area contributed by atoms with Gasteiger partial charge in [0.25, 0.3) is 0 Å². The van der Waals surface area contributed by atoms with Crippen LogP contribution in [0.5, 0.6) is 0 Å². The number of carbonyl (C=O) groups is 3. The van der Waals surface area contributed by atoms with Crippen LogP contribution in [0.15, 0.2) is 24.3 Å². The van der Waals surface area contributed by atoms with E-state index in [2.05, 4.69) is 21.2 Å². The number of piperidine rings is 1. The first-order valence-electron chi connectivity index (χ1n) is 12.9. The van der Waals surface area contributed by atoms with Crippen LogP contribution in [0, 0.1) is 5.41 Å². The van der Waals surface area contributed by atoms with Gasteiger partial charge in [-0.3, -0.25) is 19.3 Å². The van der Waals surface area contributed by atoms with Crippen LogP contribution < -0.4 is 10.2 Å². The topological polar surface area (TPSA) is 76.2 Å². The number of nitrogens with zero attached hydrogens (tertiary/aromatic N) is 4. The minimum absolute atomic E-state index is 0.0352. The highest BCUT2D eigenvalue weighted by molar-refractivity contribution is 6.30. The summed E-state index contributed by atoms with van der Waals surface area (Å²) in [5.74, 6) is 0.175. The Morgan fingerprint density at radius 1 is 1.09 bits per heavy atom. The third-order valence-corrected chi connectivity index (χ3v) is 8.77. The van der Waals surface area contributed by atoms with E-state index in [-0.39, 0.29) is 35.2 Å². The fraction of sp³-hybridized carbons (Fsp3) is 0.654. The van der Waals surface area contributed by atoms with Crippen LogP contribution in [0.3, 0.4) is 0 Å². The van der Waals surface area contributed by atoms with E-state index >= 15 is 0 Å². The summed E-state index contributed by atoms with van der Waals surface area (Å²) in [6.07, 6.45) is 4.00. The molecule has 4 aliphatic rings. The molecular weight excluding hydrogens is 466 g/mol. The lowest BCUT2D eigenvalue weighted by Gasteiger charge is -2.44. The van der Waals surface area contributed by atoms with Crippen molar-refractivity contribution in [1.29, 1.82) is 0 Å². The van der Waals surface area contributed by atoms with Gasteiger partial charge in [0.05, 0.1) is 5.41 Å². The molecule has 8 nitrogen and oxygen atoms in total. The molecule has 0 saturated carbocycles. The Labute approximate surface area is 212 Å². The summed E-state index contributed by atoms with van der Waals surface area (Å²) in [5, 5.41) is 4.03. The van der Waals surface area contributed by atoms with Gasteiger partial charge in [-0.05, 0) is 50.3 Å². The summed E-state index contributed by atoms with van der Waals surface area (Å²) in [4.78, 5) is 45.9. The highest BCUT2D eigenvalue weighted by Gasteiger charge is 2.49. The third-order valence-electron chi connectivity index (χ3n) is 8.53. The van der Waals surface area contributed by atoms with Crippen molar-refractivity contribution in [3.8, 4) is 0 Å². The van der Waals surface area contributed by atoms with Crippen molar-refractivity contribution in [3.05, 3.63) is 29.3 Å². The Kier molecular flexibility index (Phi) is 6.95. The van der Waals surface area contributed by atoms with E-state index in [1.54, 1.807) is 4.90 Å². The molecule has 35 heavy (non-hydrogen) atoms. The van der Waals surface area contributed by atoms with Crippen molar-refractivity contribution >= 4 is 35.0 Å². The highest BCUT2D eigenvalue weighted by Crippen LogP contribution is 2.41. The molecule has 1 aromatic carbocycles. The first-order chi connectivity index (χ1) is 16.8. The van der Waals surface area contributed by atoms with Gasteiger partial charge in [-0.25, -0.2) is 0 Å². The first-order valence-corrected chi connectivity index (χ1v) is 13.3. The second kappa shape index (κ2) is 9.97. The number of piperazine rings is 1. The summed E-state index contributed by atoms with van der Waals surface area (Å²) >= 11 is 6.15. The molecule has 0 aromatic heterocycles. The Morgan fingerprint density at radius 2 is 1.83 bits per heavy atom. The highest BCUT2D eigenvalue weighted by atomic mass is 35.5. The minimum atomic E-state index is -0.341. The number of hydrogen-bond acceptors (Lipinski definition) is 5. The van der Waals surface area contributed by atoms with Gasteiger partial charge >= 0.3 is 0 Å². The Balaban J connectivity index is 1.06. The van der Waals surface area contributed by atoms with Crippen molar-refractivity contribution in [3.63, 3.8) is 0 Å². The molecule has 0 radical (unpaired) electrons. The van der Waals surface area contributed by atoms with E-state index < -0.39 is 0 Å². The number of halogens is 1. The summed E-state index contributed by atoms with van der Waals surface area (Å²) in [7, 11) is 0. The quantitative estimate of drug-likeness (QED) is 0.667. The van der Waals surface area contributed by atoms with Gasteiger partial charge in [0.2, 0.25) is 17.7 Å². The number of nitrogens with one attached hydrogen (secondary N) is 1. The van der Waals surface area contributed by atoms with Gasteiger partial charge in [-0.15, -0.1) is 0 Å². The third kappa shape index (κ3) is 5.00. The maximum atomic E-state index is 13.0. The fourth-order valence-electron chi connectivity index (χ4n) is 6.19. The van der Waals surface area contributed by atoms with Gasteiger partial charge in [0.1, 0.15) is 6.04 Å². The van der Waals surface area contributed by atoms with Crippen LogP contribution in [0.25, 0.3) is 0 Å². The molecule has 1 unspecified atom stereocenters. The lowest BCUT2D eigenvalue weighted by molar-refractivity contribution is -0.153. The maximum Gasteiger partial charge on any atom is 0.245 e. The van der Waals surface area contributed by atoms with E-state index in [1.165, 1.54) is 12.6 Å². The van der Waals surface area contributed by atoms with Crippen molar-refractivity contribution in [2.75, 3.05) is 57.3 Å². The van der Waals surface area contributed by atoms with Crippen LogP contribution in [0.1, 0.15) is 39.0 Å². The molecule has 4 aliphatic heterocycles. The average molecular weight is 502 g/mol. The van der Waals surface area contributed by atoms with E-state index in [9.17, 15) is 14.4 Å². The van der Waals surface area contributed by atoms with E-state index in [0.717, 1.165) is 57.0 Å². The molecule has 5 rings (SSSR count). The zero-order chi connectivity index (χ0) is 24.6. The van der Waals surface area contributed by atoms with E-state index in [0.29, 0.717) is 32.5 Å². The number of likely N-dealkylation sites (tertiary alicyclic amines) is 2. The van der Waals surface area contributed by atoms with E-state index in [1.807, 2.05) is 23.1 Å². The van der Waals surface area contributed by atoms with Crippen LogP contribution in [0.2, 0.25) is 5.02 Å². The van der Waals surface area contributed by atoms with Crippen LogP contribution >= 0.6 is 11.6 Å². The summed E-state index contributed by atoms with van der Waals surface area (Å²) in [6.45, 7) is 8.36. The van der Waals surface area contributed by atoms with Crippen molar-refractivity contribution in [2.24, 2.45) is 5.41 Å². The Bertz CT molecular complexity index is 971. The number of hydrogen-bond donors (Lipinski definition) is 1.